The van der Waals surface area contributed by atoms with Gasteiger partial charge in [-0.15, -0.1) is 10.2 Å². The summed E-state index contributed by atoms with van der Waals surface area (Å²) in [6, 6.07) is 1.84. The van der Waals surface area contributed by atoms with Crippen molar-refractivity contribution < 1.29 is 0 Å². The summed E-state index contributed by atoms with van der Waals surface area (Å²) in [6.07, 6.45) is 5.63. The molecule has 21 heavy (non-hydrogen) atoms. The molecule has 0 bridgehead atoms. The van der Waals surface area contributed by atoms with Gasteiger partial charge in [0.15, 0.2) is 0 Å². The average molecular weight is 307 g/mol. The molecule has 2 aromatic rings. The van der Waals surface area contributed by atoms with Gasteiger partial charge in [-0.05, 0) is 19.8 Å². The van der Waals surface area contributed by atoms with Gasteiger partial charge < -0.3 is 15.2 Å². The minimum Gasteiger partial charge on any atom is -0.384 e. The zero-order chi connectivity index (χ0) is 14.8. The first-order chi connectivity index (χ1) is 10.2. The number of aromatic nitrogens is 4. The van der Waals surface area contributed by atoms with Gasteiger partial charge in [-0.2, -0.15) is 0 Å². The van der Waals surface area contributed by atoms with Gasteiger partial charge >= 0.3 is 0 Å². The van der Waals surface area contributed by atoms with Gasteiger partial charge in [0, 0.05) is 37.8 Å². The van der Waals surface area contributed by atoms with E-state index >= 15 is 0 Å². The van der Waals surface area contributed by atoms with Crippen LogP contribution in [0.15, 0.2) is 18.6 Å². The van der Waals surface area contributed by atoms with Crippen molar-refractivity contribution in [1.29, 1.82) is 0 Å². The number of aryl methyl sites for hydroxylation is 1. The van der Waals surface area contributed by atoms with E-state index in [2.05, 4.69) is 31.6 Å². The highest BCUT2D eigenvalue weighted by Gasteiger charge is 2.26. The van der Waals surface area contributed by atoms with E-state index in [1.54, 1.807) is 12.5 Å². The number of nitrogens with two attached hydrogens (primary N) is 1. The van der Waals surface area contributed by atoms with Crippen LogP contribution < -0.4 is 10.6 Å². The van der Waals surface area contributed by atoms with Crippen LogP contribution in [-0.4, -0.2) is 32.8 Å². The molecule has 0 amide bonds. The Labute approximate surface area is 128 Å². The van der Waals surface area contributed by atoms with E-state index in [0.29, 0.717) is 16.8 Å². The van der Waals surface area contributed by atoms with E-state index in [4.69, 9.17) is 17.3 Å². The van der Waals surface area contributed by atoms with Crippen molar-refractivity contribution in [2.45, 2.75) is 32.2 Å². The second-order valence-corrected chi connectivity index (χ2v) is 5.73. The first kappa shape index (κ1) is 14.1. The van der Waals surface area contributed by atoms with E-state index < -0.39 is 0 Å². The average Bonchev–Trinajstić information content (AvgIpc) is 2.98. The smallest absolute Gasteiger partial charge is 0.137 e. The molecule has 0 aromatic carbocycles. The lowest BCUT2D eigenvalue weighted by Crippen LogP contribution is -2.35. The number of nitrogen functional groups attached to an aromatic ring is 1. The van der Waals surface area contributed by atoms with Crippen molar-refractivity contribution in [2.24, 2.45) is 0 Å². The minimum atomic E-state index is 0.367. The van der Waals surface area contributed by atoms with E-state index in [0.717, 1.165) is 44.0 Å². The van der Waals surface area contributed by atoms with Crippen molar-refractivity contribution in [3.05, 3.63) is 29.4 Å². The van der Waals surface area contributed by atoms with Crippen molar-refractivity contribution in [1.82, 2.24) is 19.7 Å². The lowest BCUT2D eigenvalue weighted by atomic mass is 9.96. The second kappa shape index (κ2) is 5.89. The molecule has 3 heterocycles. The molecule has 112 valence electrons. The van der Waals surface area contributed by atoms with Crippen LogP contribution in [0.25, 0.3) is 0 Å². The summed E-state index contributed by atoms with van der Waals surface area (Å²) < 4.78 is 2.11. The van der Waals surface area contributed by atoms with Gasteiger partial charge in [0.1, 0.15) is 18.0 Å². The first-order valence-electron chi connectivity index (χ1n) is 7.22. The Morgan fingerprint density at radius 2 is 2.33 bits per heavy atom. The highest BCUT2D eigenvalue weighted by Crippen LogP contribution is 2.33. The third-order valence-corrected chi connectivity index (χ3v) is 4.26. The molecule has 2 aromatic heterocycles. The Morgan fingerprint density at radius 1 is 1.48 bits per heavy atom. The summed E-state index contributed by atoms with van der Waals surface area (Å²) in [5.41, 5.74) is 6.74. The Balaban J connectivity index is 1.84. The van der Waals surface area contributed by atoms with E-state index in [1.807, 2.05) is 6.07 Å². The molecule has 1 aliphatic heterocycles. The highest BCUT2D eigenvalue weighted by atomic mass is 35.5. The summed E-state index contributed by atoms with van der Waals surface area (Å²) in [7, 11) is 0. The molecule has 1 aliphatic rings. The topological polar surface area (TPSA) is 72.9 Å². The Kier molecular flexibility index (Phi) is 3.96. The number of rotatable bonds is 3. The fourth-order valence-electron chi connectivity index (χ4n) is 2.92. The molecular weight excluding hydrogens is 288 g/mol. The number of hydrogen-bond donors (Lipinski definition) is 1. The summed E-state index contributed by atoms with van der Waals surface area (Å²) >= 11 is 6.27. The monoisotopic (exact) mass is 306 g/mol. The maximum absolute atomic E-state index is 6.27. The van der Waals surface area contributed by atoms with Crippen LogP contribution in [0.3, 0.4) is 0 Å². The van der Waals surface area contributed by atoms with Gasteiger partial charge in [0.25, 0.3) is 0 Å². The van der Waals surface area contributed by atoms with Crippen molar-refractivity contribution in [3.8, 4) is 0 Å². The van der Waals surface area contributed by atoms with Crippen LogP contribution in [0.5, 0.6) is 0 Å². The number of anilines is 2. The molecule has 0 saturated carbocycles. The molecule has 1 saturated heterocycles. The van der Waals surface area contributed by atoms with Crippen molar-refractivity contribution in [2.75, 3.05) is 23.7 Å². The molecule has 2 N–H and O–H groups in total. The molecular formula is C14H19ClN6. The zero-order valence-corrected chi connectivity index (χ0v) is 12.8. The quantitative estimate of drug-likeness (QED) is 0.942. The van der Waals surface area contributed by atoms with Crippen LogP contribution in [0.4, 0.5) is 11.5 Å². The van der Waals surface area contributed by atoms with Gasteiger partial charge in [-0.25, -0.2) is 4.98 Å². The normalized spacial score (nSPS) is 19.0. The fraction of sp³-hybridized carbons (Fsp3) is 0.500. The summed E-state index contributed by atoms with van der Waals surface area (Å²) in [5, 5.41) is 8.97. The summed E-state index contributed by atoms with van der Waals surface area (Å²) in [5.74, 6) is 1.92. The van der Waals surface area contributed by atoms with E-state index in [1.165, 1.54) is 0 Å². The van der Waals surface area contributed by atoms with Gasteiger partial charge in [-0.1, -0.05) is 11.6 Å². The minimum absolute atomic E-state index is 0.367. The zero-order valence-electron chi connectivity index (χ0n) is 12.0. The molecule has 0 radical (unpaired) electrons. The summed E-state index contributed by atoms with van der Waals surface area (Å²) in [4.78, 5) is 6.29. The molecule has 1 atom stereocenters. The molecule has 6 nitrogen and oxygen atoms in total. The SMILES string of the molecule is CCn1cnnc1C1CCCN(c2cc(N)ncc2Cl)C1. The first-order valence-corrected chi connectivity index (χ1v) is 7.60. The molecule has 3 rings (SSSR count). The molecule has 1 fully saturated rings. The van der Waals surface area contributed by atoms with Crippen LogP contribution in [0.1, 0.15) is 31.5 Å². The van der Waals surface area contributed by atoms with E-state index in [9.17, 15) is 0 Å². The second-order valence-electron chi connectivity index (χ2n) is 5.32. The number of pyridine rings is 1. The Morgan fingerprint density at radius 3 is 3.14 bits per heavy atom. The lowest BCUT2D eigenvalue weighted by Gasteiger charge is -2.34. The molecule has 0 spiro atoms. The Hall–Kier alpha value is -1.82. The predicted octanol–water partition coefficient (Wildman–Crippen LogP) is 2.31. The maximum Gasteiger partial charge on any atom is 0.137 e. The molecule has 1 unspecified atom stereocenters. The van der Waals surface area contributed by atoms with Crippen LogP contribution >= 0.6 is 11.6 Å². The predicted molar refractivity (Wildman–Crippen MR) is 83.5 cm³/mol. The van der Waals surface area contributed by atoms with Crippen LogP contribution in [0.2, 0.25) is 5.02 Å². The maximum atomic E-state index is 6.27. The number of piperidine rings is 1. The number of nitrogens with zero attached hydrogens (tertiary/aromatic N) is 5. The van der Waals surface area contributed by atoms with E-state index in [-0.39, 0.29) is 0 Å². The largest absolute Gasteiger partial charge is 0.384 e. The highest BCUT2D eigenvalue weighted by molar-refractivity contribution is 6.33. The molecule has 7 heteroatoms. The van der Waals surface area contributed by atoms with Crippen molar-refractivity contribution >= 4 is 23.1 Å². The van der Waals surface area contributed by atoms with Crippen LogP contribution in [-0.2, 0) is 6.54 Å². The summed E-state index contributed by atoms with van der Waals surface area (Å²) in [6.45, 7) is 4.84. The number of halogens is 1. The standard InChI is InChI=1S/C14H19ClN6/c1-2-20-9-18-19-14(20)10-4-3-5-21(8-10)12-6-13(16)17-7-11(12)15/h6-7,9-10H,2-5,8H2,1H3,(H2,16,17). The van der Waals surface area contributed by atoms with Gasteiger partial charge in [-0.3, -0.25) is 0 Å². The lowest BCUT2D eigenvalue weighted by molar-refractivity contribution is 0.473. The van der Waals surface area contributed by atoms with Gasteiger partial charge in [0.2, 0.25) is 0 Å². The molecule has 0 aliphatic carbocycles. The van der Waals surface area contributed by atoms with Crippen molar-refractivity contribution in [3.63, 3.8) is 0 Å². The van der Waals surface area contributed by atoms with Crippen LogP contribution in [0, 0.1) is 0 Å². The fourth-order valence-corrected chi connectivity index (χ4v) is 3.14. The third kappa shape index (κ3) is 2.81. The third-order valence-electron chi connectivity index (χ3n) is 3.97. The van der Waals surface area contributed by atoms with Gasteiger partial charge in [0.05, 0.1) is 10.7 Å². The Bertz CT molecular complexity index is 626. The number of hydrogen-bond acceptors (Lipinski definition) is 5.